The van der Waals surface area contributed by atoms with Crippen molar-refractivity contribution in [1.29, 1.82) is 0 Å². The molecule has 1 unspecified atom stereocenters. The van der Waals surface area contributed by atoms with Crippen molar-refractivity contribution in [3.05, 3.63) is 52.2 Å². The van der Waals surface area contributed by atoms with Gasteiger partial charge in [-0.2, -0.15) is 4.31 Å². The van der Waals surface area contributed by atoms with E-state index in [2.05, 4.69) is 5.32 Å². The summed E-state index contributed by atoms with van der Waals surface area (Å²) in [5.74, 6) is -3.03. The number of carbonyl (C=O) groups excluding carboxylic acids is 2. The van der Waals surface area contributed by atoms with E-state index in [9.17, 15) is 26.8 Å². The van der Waals surface area contributed by atoms with Crippen molar-refractivity contribution in [2.75, 3.05) is 26.2 Å². The number of carbonyl (C=O) groups is 2. The number of nitrogens with zero attached hydrogens (tertiary/aromatic N) is 2. The van der Waals surface area contributed by atoms with E-state index in [4.69, 9.17) is 0 Å². The Morgan fingerprint density at radius 1 is 1.10 bits per heavy atom. The number of halogens is 2. The quantitative estimate of drug-likeness (QED) is 0.762. The molecule has 0 aliphatic carbocycles. The molecule has 7 nitrogen and oxygen atoms in total. The molecule has 1 aliphatic rings. The number of rotatable bonds is 5. The van der Waals surface area contributed by atoms with Gasteiger partial charge in [-0.1, -0.05) is 6.07 Å². The Bertz CT molecular complexity index is 1000. The third kappa shape index (κ3) is 4.62. The molecule has 0 bridgehead atoms. The first kappa shape index (κ1) is 21.3. The second kappa shape index (κ2) is 8.56. The lowest BCUT2D eigenvalue weighted by atomic mass is 10.2. The first-order valence-electron chi connectivity index (χ1n) is 8.78. The van der Waals surface area contributed by atoms with Crippen LogP contribution < -0.4 is 5.32 Å². The second-order valence-corrected chi connectivity index (χ2v) is 9.36. The molecule has 0 radical (unpaired) electrons. The Morgan fingerprint density at radius 2 is 1.79 bits per heavy atom. The molecule has 2 heterocycles. The average molecular weight is 443 g/mol. The van der Waals surface area contributed by atoms with Crippen LogP contribution in [0.15, 0.2) is 40.6 Å². The van der Waals surface area contributed by atoms with Crippen LogP contribution in [-0.2, 0) is 14.8 Å². The number of hydrogen-bond donors (Lipinski definition) is 1. The van der Waals surface area contributed by atoms with Gasteiger partial charge in [0.2, 0.25) is 15.9 Å². The normalized spacial score (nSPS) is 16.4. The molecular formula is C18H19F2N3O4S2. The highest BCUT2D eigenvalue weighted by Gasteiger charge is 2.32. The fraction of sp³-hybridized carbons (Fsp3) is 0.333. The van der Waals surface area contributed by atoms with Gasteiger partial charge in [-0.3, -0.25) is 9.59 Å². The van der Waals surface area contributed by atoms with E-state index in [0.29, 0.717) is 10.9 Å². The Hall–Kier alpha value is -2.37. The Balaban J connectivity index is 1.60. The number of piperazine rings is 1. The minimum absolute atomic E-state index is 0.0126. The molecule has 1 aliphatic heterocycles. The van der Waals surface area contributed by atoms with Gasteiger partial charge in [-0.15, -0.1) is 11.3 Å². The summed E-state index contributed by atoms with van der Waals surface area (Å²) < 4.78 is 52.8. The summed E-state index contributed by atoms with van der Waals surface area (Å²) in [4.78, 5) is 26.3. The first-order valence-corrected chi connectivity index (χ1v) is 11.1. The monoisotopic (exact) mass is 443 g/mol. The van der Waals surface area contributed by atoms with Gasteiger partial charge in [0.25, 0.3) is 5.91 Å². The molecule has 0 spiro atoms. The van der Waals surface area contributed by atoms with Crippen LogP contribution >= 0.6 is 11.3 Å². The summed E-state index contributed by atoms with van der Waals surface area (Å²) in [6, 6.07) is 5.04. The van der Waals surface area contributed by atoms with E-state index in [1.165, 1.54) is 16.2 Å². The first-order chi connectivity index (χ1) is 13.7. The number of thiophene rings is 1. The zero-order valence-corrected chi connectivity index (χ0v) is 17.1. The summed E-state index contributed by atoms with van der Waals surface area (Å²) in [7, 11) is -4.00. The lowest BCUT2D eigenvalue weighted by Gasteiger charge is -2.35. The maximum absolute atomic E-state index is 13.4. The van der Waals surface area contributed by atoms with Crippen molar-refractivity contribution in [1.82, 2.24) is 14.5 Å². The zero-order valence-electron chi connectivity index (χ0n) is 15.5. The third-order valence-corrected chi connectivity index (χ3v) is 7.31. The van der Waals surface area contributed by atoms with E-state index in [-0.39, 0.29) is 42.9 Å². The molecule has 1 atom stereocenters. The maximum Gasteiger partial charge on any atom is 0.261 e. The Kier molecular flexibility index (Phi) is 6.30. The van der Waals surface area contributed by atoms with Gasteiger partial charge >= 0.3 is 0 Å². The molecule has 0 saturated carbocycles. The molecule has 1 fully saturated rings. The smallest absolute Gasteiger partial charge is 0.261 e. The van der Waals surface area contributed by atoms with Crippen molar-refractivity contribution < 1.29 is 26.8 Å². The second-order valence-electron chi connectivity index (χ2n) is 6.48. The van der Waals surface area contributed by atoms with Gasteiger partial charge in [0, 0.05) is 26.2 Å². The maximum atomic E-state index is 13.4. The summed E-state index contributed by atoms with van der Waals surface area (Å²) in [5, 5.41) is 4.39. The van der Waals surface area contributed by atoms with Gasteiger partial charge in [-0.05, 0) is 36.6 Å². The Labute approximate surface area is 171 Å². The van der Waals surface area contributed by atoms with Crippen LogP contribution in [0.2, 0.25) is 0 Å². The highest BCUT2D eigenvalue weighted by atomic mass is 32.2. The van der Waals surface area contributed by atoms with Crippen molar-refractivity contribution in [3.8, 4) is 0 Å². The van der Waals surface area contributed by atoms with Crippen molar-refractivity contribution >= 4 is 33.2 Å². The molecule has 1 aromatic heterocycles. The van der Waals surface area contributed by atoms with Crippen molar-refractivity contribution in [2.45, 2.75) is 17.9 Å². The lowest BCUT2D eigenvalue weighted by Crippen LogP contribution is -2.55. The molecule has 2 aromatic rings. The highest BCUT2D eigenvalue weighted by Crippen LogP contribution is 2.20. The summed E-state index contributed by atoms with van der Waals surface area (Å²) in [6.07, 6.45) is 0. The van der Waals surface area contributed by atoms with Crippen molar-refractivity contribution in [3.63, 3.8) is 0 Å². The molecule has 156 valence electrons. The van der Waals surface area contributed by atoms with Crippen LogP contribution in [-0.4, -0.2) is 61.7 Å². The van der Waals surface area contributed by atoms with Crippen LogP contribution in [0.3, 0.4) is 0 Å². The van der Waals surface area contributed by atoms with Crippen molar-refractivity contribution in [2.24, 2.45) is 0 Å². The molecule has 29 heavy (non-hydrogen) atoms. The summed E-state index contributed by atoms with van der Waals surface area (Å²) in [6.45, 7) is 1.84. The lowest BCUT2D eigenvalue weighted by molar-refractivity contribution is -0.134. The average Bonchev–Trinajstić information content (AvgIpc) is 3.24. The van der Waals surface area contributed by atoms with Crippen LogP contribution in [0.4, 0.5) is 8.78 Å². The largest absolute Gasteiger partial charge is 0.340 e. The number of hydrogen-bond acceptors (Lipinski definition) is 5. The fourth-order valence-corrected chi connectivity index (χ4v) is 5.01. The Morgan fingerprint density at radius 3 is 2.38 bits per heavy atom. The van der Waals surface area contributed by atoms with Gasteiger partial charge in [0.1, 0.15) is 6.04 Å². The van der Waals surface area contributed by atoms with E-state index in [1.807, 2.05) is 0 Å². The number of benzene rings is 1. The minimum atomic E-state index is -4.00. The highest BCUT2D eigenvalue weighted by molar-refractivity contribution is 7.89. The predicted octanol–water partition coefficient (Wildman–Crippen LogP) is 1.68. The van der Waals surface area contributed by atoms with Gasteiger partial charge in [0.05, 0.1) is 9.77 Å². The SMILES string of the molecule is CC(NC(=O)c1cccs1)C(=O)N1CCN(S(=O)(=O)c2ccc(F)c(F)c2)CC1. The molecule has 1 saturated heterocycles. The molecule has 3 rings (SSSR count). The molecule has 2 amide bonds. The standard InChI is InChI=1S/C18H19F2N3O4S2/c1-12(21-17(24)16-3-2-10-28-16)18(25)22-6-8-23(9-7-22)29(26,27)13-4-5-14(19)15(20)11-13/h2-5,10-12H,6-9H2,1H3,(H,21,24). The third-order valence-electron chi connectivity index (χ3n) is 4.54. The van der Waals surface area contributed by atoms with Crippen LogP contribution in [0.25, 0.3) is 0 Å². The number of nitrogens with one attached hydrogen (secondary N) is 1. The van der Waals surface area contributed by atoms with E-state index in [1.54, 1.807) is 24.4 Å². The predicted molar refractivity (Wildman–Crippen MR) is 103 cm³/mol. The molecule has 1 aromatic carbocycles. The summed E-state index contributed by atoms with van der Waals surface area (Å²) >= 11 is 1.26. The van der Waals surface area contributed by atoms with E-state index in [0.717, 1.165) is 16.4 Å². The van der Waals surface area contributed by atoms with Crippen LogP contribution in [0.5, 0.6) is 0 Å². The molecule has 1 N–H and O–H groups in total. The van der Waals surface area contributed by atoms with E-state index < -0.39 is 27.7 Å². The molecule has 11 heteroatoms. The zero-order chi connectivity index (χ0) is 21.2. The van der Waals surface area contributed by atoms with Gasteiger partial charge in [-0.25, -0.2) is 17.2 Å². The topological polar surface area (TPSA) is 86.8 Å². The minimum Gasteiger partial charge on any atom is -0.340 e. The van der Waals surface area contributed by atoms with Crippen LogP contribution in [0.1, 0.15) is 16.6 Å². The number of amides is 2. The molecular weight excluding hydrogens is 424 g/mol. The van der Waals surface area contributed by atoms with E-state index >= 15 is 0 Å². The number of sulfonamides is 1. The fourth-order valence-electron chi connectivity index (χ4n) is 2.95. The summed E-state index contributed by atoms with van der Waals surface area (Å²) in [5.41, 5.74) is 0. The van der Waals surface area contributed by atoms with Gasteiger partial charge in [0.15, 0.2) is 11.6 Å². The van der Waals surface area contributed by atoms with Gasteiger partial charge < -0.3 is 10.2 Å². The van der Waals surface area contributed by atoms with Crippen LogP contribution in [0, 0.1) is 11.6 Å².